The van der Waals surface area contributed by atoms with Gasteiger partial charge in [0, 0.05) is 18.3 Å². The smallest absolute Gasteiger partial charge is 0.323 e. The number of halogens is 1. The van der Waals surface area contributed by atoms with Crippen LogP contribution in [0.2, 0.25) is 13.1 Å². The molecule has 0 bridgehead atoms. The molecule has 1 aromatic rings. The van der Waals surface area contributed by atoms with Crippen LogP contribution in [-0.2, 0) is 25.5 Å². The highest BCUT2D eigenvalue weighted by Gasteiger charge is 2.44. The molecule has 1 aliphatic heterocycles. The molecule has 0 radical (unpaired) electrons. The fourth-order valence-electron chi connectivity index (χ4n) is 2.97. The van der Waals surface area contributed by atoms with E-state index in [0.717, 1.165) is 10.0 Å². The fraction of sp³-hybridized carbons (Fsp3) is 0.529. The molecule has 0 aromatic heterocycles. The van der Waals surface area contributed by atoms with E-state index in [0.29, 0.717) is 19.2 Å². The maximum Gasteiger partial charge on any atom is 0.323 e. The van der Waals surface area contributed by atoms with E-state index in [1.54, 1.807) is 6.82 Å². The Kier molecular flexibility index (Phi) is 6.09. The first-order chi connectivity index (χ1) is 11.2. The molecule has 24 heavy (non-hydrogen) atoms. The zero-order valence-corrected chi connectivity index (χ0v) is 15.7. The van der Waals surface area contributed by atoms with Crippen LogP contribution in [0, 0.1) is 11.8 Å². The van der Waals surface area contributed by atoms with E-state index in [1.165, 1.54) is 13.8 Å². The van der Waals surface area contributed by atoms with Crippen LogP contribution in [-0.4, -0.2) is 29.7 Å². The van der Waals surface area contributed by atoms with Crippen molar-refractivity contribution in [1.82, 2.24) is 0 Å². The van der Waals surface area contributed by atoms with Crippen molar-refractivity contribution in [2.24, 2.45) is 11.8 Å². The Morgan fingerprint density at radius 1 is 1.21 bits per heavy atom. The van der Waals surface area contributed by atoms with Crippen LogP contribution in [0.25, 0.3) is 0 Å². The second kappa shape index (κ2) is 7.70. The third-order valence-corrected chi connectivity index (χ3v) is 4.47. The molecule has 1 unspecified atom stereocenters. The van der Waals surface area contributed by atoms with Crippen molar-refractivity contribution in [3.63, 3.8) is 0 Å². The summed E-state index contributed by atoms with van der Waals surface area (Å²) in [6.45, 7) is 4.26. The van der Waals surface area contributed by atoms with Gasteiger partial charge in [0.1, 0.15) is 0 Å². The second-order valence-electron chi connectivity index (χ2n) is 6.81. The first kappa shape index (κ1) is 19.0. The lowest BCUT2D eigenvalue weighted by molar-refractivity contribution is -0.240. The van der Waals surface area contributed by atoms with E-state index in [9.17, 15) is 14.6 Å². The van der Waals surface area contributed by atoms with E-state index in [1.807, 2.05) is 24.3 Å². The SMILES string of the molecule is CB(O)CC(Cc1ccc(Br)cc1)CC1C(=O)OC(C)(C)OC1=O. The highest BCUT2D eigenvalue weighted by Crippen LogP contribution is 2.30. The molecule has 1 fully saturated rings. The van der Waals surface area contributed by atoms with Crippen LogP contribution in [0.5, 0.6) is 0 Å². The summed E-state index contributed by atoms with van der Waals surface area (Å²) in [5.41, 5.74) is 1.08. The lowest BCUT2D eigenvalue weighted by atomic mass is 9.62. The summed E-state index contributed by atoms with van der Waals surface area (Å²) in [7, 11) is 0. The van der Waals surface area contributed by atoms with Crippen LogP contribution in [0.15, 0.2) is 28.7 Å². The molecule has 130 valence electrons. The molecule has 1 heterocycles. The molecule has 1 saturated heterocycles. The molecular formula is C17H22BBrO5. The Hall–Kier alpha value is -1.34. The number of ether oxygens (including phenoxy) is 2. The minimum Gasteiger partial charge on any atom is -0.451 e. The Bertz CT molecular complexity index is 580. The van der Waals surface area contributed by atoms with E-state index >= 15 is 0 Å². The average molecular weight is 397 g/mol. The molecule has 0 spiro atoms. The molecule has 2 rings (SSSR count). The number of carbonyl (C=O) groups excluding carboxylic acids is 2. The van der Waals surface area contributed by atoms with Gasteiger partial charge in [-0.25, -0.2) is 0 Å². The second-order valence-corrected chi connectivity index (χ2v) is 7.73. The van der Waals surface area contributed by atoms with Crippen LogP contribution in [0.3, 0.4) is 0 Å². The van der Waals surface area contributed by atoms with Gasteiger partial charge in [0.25, 0.3) is 12.7 Å². The third-order valence-electron chi connectivity index (χ3n) is 3.94. The Labute approximate surface area is 151 Å². The quantitative estimate of drug-likeness (QED) is 0.454. The van der Waals surface area contributed by atoms with Crippen molar-refractivity contribution in [3.8, 4) is 0 Å². The van der Waals surface area contributed by atoms with Gasteiger partial charge >= 0.3 is 11.9 Å². The number of benzene rings is 1. The first-order valence-electron chi connectivity index (χ1n) is 8.04. The highest BCUT2D eigenvalue weighted by atomic mass is 79.9. The average Bonchev–Trinajstić information content (AvgIpc) is 2.43. The minimum absolute atomic E-state index is 0.0301. The maximum atomic E-state index is 12.1. The number of hydrogen-bond acceptors (Lipinski definition) is 5. The molecule has 0 aliphatic carbocycles. The lowest BCUT2D eigenvalue weighted by Gasteiger charge is -2.34. The maximum absolute atomic E-state index is 12.1. The van der Waals surface area contributed by atoms with Crippen molar-refractivity contribution in [2.75, 3.05) is 0 Å². The van der Waals surface area contributed by atoms with Gasteiger partial charge in [-0.1, -0.05) is 34.9 Å². The van der Waals surface area contributed by atoms with Crippen molar-refractivity contribution in [3.05, 3.63) is 34.3 Å². The predicted octanol–water partition coefficient (Wildman–Crippen LogP) is 3.06. The first-order valence-corrected chi connectivity index (χ1v) is 8.84. The fourth-order valence-corrected chi connectivity index (χ4v) is 3.23. The van der Waals surface area contributed by atoms with E-state index in [-0.39, 0.29) is 5.92 Å². The topological polar surface area (TPSA) is 72.8 Å². The summed E-state index contributed by atoms with van der Waals surface area (Å²) in [6, 6.07) is 7.86. The monoisotopic (exact) mass is 396 g/mol. The van der Waals surface area contributed by atoms with Crippen LogP contribution >= 0.6 is 15.9 Å². The van der Waals surface area contributed by atoms with E-state index < -0.39 is 30.6 Å². The molecule has 5 nitrogen and oxygen atoms in total. The van der Waals surface area contributed by atoms with Crippen LogP contribution < -0.4 is 0 Å². The van der Waals surface area contributed by atoms with Gasteiger partial charge in [-0.15, -0.1) is 0 Å². The van der Waals surface area contributed by atoms with Crippen molar-refractivity contribution in [1.29, 1.82) is 0 Å². The standard InChI is InChI=1S/C17H22BBrO5/c1-17(2)23-15(20)14(16(21)24-17)9-12(10-18(3)22)8-11-4-6-13(19)7-5-11/h4-7,12,14,22H,8-10H2,1-3H3. The summed E-state index contributed by atoms with van der Waals surface area (Å²) in [6.07, 6.45) is 1.46. The molecule has 1 atom stereocenters. The lowest BCUT2D eigenvalue weighted by Crippen LogP contribution is -2.47. The van der Waals surface area contributed by atoms with Gasteiger partial charge in [0.2, 0.25) is 0 Å². The van der Waals surface area contributed by atoms with Gasteiger partial charge in [0.05, 0.1) is 0 Å². The predicted molar refractivity (Wildman–Crippen MR) is 94.3 cm³/mol. The molecule has 0 saturated carbocycles. The number of esters is 2. The summed E-state index contributed by atoms with van der Waals surface area (Å²) in [5, 5.41) is 9.75. The summed E-state index contributed by atoms with van der Waals surface area (Å²) >= 11 is 3.40. The van der Waals surface area contributed by atoms with Gasteiger partial charge in [-0.2, -0.15) is 0 Å². The third kappa shape index (κ3) is 5.35. The number of hydrogen-bond donors (Lipinski definition) is 1. The van der Waals surface area contributed by atoms with E-state index in [2.05, 4.69) is 15.9 Å². The van der Waals surface area contributed by atoms with Crippen molar-refractivity contribution in [2.45, 2.75) is 45.6 Å². The molecule has 0 amide bonds. The number of rotatable bonds is 6. The summed E-state index contributed by atoms with van der Waals surface area (Å²) < 4.78 is 11.3. The van der Waals surface area contributed by atoms with Crippen molar-refractivity contribution < 1.29 is 24.1 Å². The Morgan fingerprint density at radius 3 is 2.25 bits per heavy atom. The van der Waals surface area contributed by atoms with Gasteiger partial charge in [-0.05, 0) is 42.8 Å². The molecule has 1 aliphatic rings. The number of cyclic esters (lactones) is 2. The minimum atomic E-state index is -1.21. The molecule has 1 N–H and O–H groups in total. The van der Waals surface area contributed by atoms with E-state index in [4.69, 9.17) is 9.47 Å². The summed E-state index contributed by atoms with van der Waals surface area (Å²) in [4.78, 5) is 24.3. The summed E-state index contributed by atoms with van der Waals surface area (Å²) in [5.74, 6) is -3.28. The van der Waals surface area contributed by atoms with Crippen molar-refractivity contribution >= 4 is 34.8 Å². The van der Waals surface area contributed by atoms with Gasteiger partial charge in [-0.3, -0.25) is 9.59 Å². The molecule has 1 aromatic carbocycles. The highest BCUT2D eigenvalue weighted by molar-refractivity contribution is 9.10. The Balaban J connectivity index is 2.09. The zero-order valence-electron chi connectivity index (χ0n) is 14.1. The normalized spacial score (nSPS) is 18.7. The zero-order chi connectivity index (χ0) is 17.9. The largest absolute Gasteiger partial charge is 0.451 e. The van der Waals surface area contributed by atoms with Gasteiger partial charge in [0.15, 0.2) is 5.92 Å². The van der Waals surface area contributed by atoms with Crippen LogP contribution in [0.1, 0.15) is 25.8 Å². The molecule has 7 heteroatoms. The number of carbonyl (C=O) groups is 2. The molecular weight excluding hydrogens is 375 g/mol. The van der Waals surface area contributed by atoms with Gasteiger partial charge < -0.3 is 14.5 Å². The Morgan fingerprint density at radius 2 is 1.75 bits per heavy atom. The van der Waals surface area contributed by atoms with Crippen LogP contribution in [0.4, 0.5) is 0 Å².